The van der Waals surface area contributed by atoms with Crippen LogP contribution in [0.5, 0.6) is 5.75 Å². The molecule has 7 nitrogen and oxygen atoms in total. The summed E-state index contributed by atoms with van der Waals surface area (Å²) in [5.41, 5.74) is 1.22. The highest BCUT2D eigenvalue weighted by atomic mass is 16.5. The van der Waals surface area contributed by atoms with Gasteiger partial charge in [-0.25, -0.2) is 4.79 Å². The zero-order valence-electron chi connectivity index (χ0n) is 16.2. The molecule has 0 unspecified atom stereocenters. The number of nitrogens with zero attached hydrogens (tertiary/aromatic N) is 2. The Balaban J connectivity index is 1.48. The van der Waals surface area contributed by atoms with Gasteiger partial charge in [-0.2, -0.15) is 0 Å². The second-order valence-electron chi connectivity index (χ2n) is 6.53. The van der Waals surface area contributed by atoms with Crippen LogP contribution in [0.15, 0.2) is 66.7 Å². The number of anilines is 1. The summed E-state index contributed by atoms with van der Waals surface area (Å²) in [7, 11) is 1.56. The molecule has 7 heteroatoms. The van der Waals surface area contributed by atoms with Gasteiger partial charge in [0.1, 0.15) is 5.75 Å². The number of hydrogen-bond donors (Lipinski definition) is 1. The molecule has 2 aromatic rings. The second kappa shape index (κ2) is 9.54. The summed E-state index contributed by atoms with van der Waals surface area (Å²) in [5.74, 6) is 0.174. The van der Waals surface area contributed by atoms with Gasteiger partial charge in [-0.1, -0.05) is 18.2 Å². The van der Waals surface area contributed by atoms with Gasteiger partial charge < -0.3 is 19.9 Å². The summed E-state index contributed by atoms with van der Waals surface area (Å²) in [6, 6.07) is 15.7. The minimum absolute atomic E-state index is 0.187. The lowest BCUT2D eigenvalue weighted by atomic mass is 10.1. The van der Waals surface area contributed by atoms with Crippen LogP contribution in [-0.4, -0.2) is 60.8 Å². The Morgan fingerprint density at radius 1 is 0.862 bits per heavy atom. The largest absolute Gasteiger partial charge is 0.497 e. The van der Waals surface area contributed by atoms with Gasteiger partial charge in [0, 0.05) is 43.5 Å². The second-order valence-corrected chi connectivity index (χ2v) is 6.53. The van der Waals surface area contributed by atoms with Crippen LogP contribution in [-0.2, 0) is 4.79 Å². The normalized spacial score (nSPS) is 14.0. The number of benzene rings is 2. The zero-order valence-corrected chi connectivity index (χ0v) is 16.2. The molecule has 0 saturated carbocycles. The van der Waals surface area contributed by atoms with Crippen molar-refractivity contribution in [2.75, 3.05) is 38.6 Å². The van der Waals surface area contributed by atoms with Crippen LogP contribution in [0.4, 0.5) is 10.5 Å². The Labute approximate surface area is 169 Å². The summed E-state index contributed by atoms with van der Waals surface area (Å²) >= 11 is 0. The molecule has 150 valence electrons. The van der Waals surface area contributed by atoms with Crippen LogP contribution < -0.4 is 10.1 Å². The number of ether oxygens (including phenoxy) is 1. The molecule has 0 spiro atoms. The molecule has 29 heavy (non-hydrogen) atoms. The number of ketones is 1. The summed E-state index contributed by atoms with van der Waals surface area (Å²) in [5, 5.41) is 2.84. The molecular formula is C22H23N3O4. The summed E-state index contributed by atoms with van der Waals surface area (Å²) in [4.78, 5) is 40.1. The van der Waals surface area contributed by atoms with Crippen molar-refractivity contribution in [2.24, 2.45) is 0 Å². The van der Waals surface area contributed by atoms with E-state index >= 15 is 0 Å². The van der Waals surface area contributed by atoms with E-state index in [9.17, 15) is 14.4 Å². The van der Waals surface area contributed by atoms with Gasteiger partial charge >= 0.3 is 6.03 Å². The predicted octanol–water partition coefficient (Wildman–Crippen LogP) is 2.81. The molecule has 0 aromatic heterocycles. The van der Waals surface area contributed by atoms with E-state index in [2.05, 4.69) is 5.32 Å². The highest BCUT2D eigenvalue weighted by Crippen LogP contribution is 2.12. The molecule has 1 heterocycles. The number of methoxy groups -OCH3 is 1. The number of rotatable bonds is 5. The minimum atomic E-state index is -0.248. The van der Waals surface area contributed by atoms with Crippen LogP contribution in [0, 0.1) is 0 Å². The lowest BCUT2D eigenvalue weighted by molar-refractivity contribution is -0.127. The SMILES string of the molecule is COc1ccc(C(=O)/C=C/C(=O)N2CCN(C(=O)Nc3ccccc3)CC2)cc1. The van der Waals surface area contributed by atoms with Gasteiger partial charge in [0.05, 0.1) is 7.11 Å². The molecule has 0 radical (unpaired) electrons. The maximum absolute atomic E-state index is 12.3. The lowest BCUT2D eigenvalue weighted by Gasteiger charge is -2.34. The highest BCUT2D eigenvalue weighted by Gasteiger charge is 2.23. The van der Waals surface area contributed by atoms with Crippen molar-refractivity contribution in [1.29, 1.82) is 0 Å². The molecule has 3 amide bonds. The molecular weight excluding hydrogens is 370 g/mol. The molecule has 1 fully saturated rings. The van der Waals surface area contributed by atoms with Gasteiger partial charge in [0.2, 0.25) is 5.91 Å². The number of hydrogen-bond acceptors (Lipinski definition) is 4. The zero-order chi connectivity index (χ0) is 20.6. The molecule has 0 bridgehead atoms. The van der Waals surface area contributed by atoms with E-state index in [0.29, 0.717) is 37.5 Å². The quantitative estimate of drug-likeness (QED) is 0.626. The molecule has 0 aliphatic carbocycles. The van der Waals surface area contributed by atoms with Crippen LogP contribution in [0.3, 0.4) is 0 Å². The van der Waals surface area contributed by atoms with Gasteiger partial charge in [-0.05, 0) is 42.5 Å². The molecule has 3 rings (SSSR count). The van der Waals surface area contributed by atoms with Gasteiger partial charge in [0.25, 0.3) is 0 Å². The maximum Gasteiger partial charge on any atom is 0.321 e. The average Bonchev–Trinajstić information content (AvgIpc) is 2.78. The highest BCUT2D eigenvalue weighted by molar-refractivity contribution is 6.07. The molecule has 1 N–H and O–H groups in total. The summed E-state index contributed by atoms with van der Waals surface area (Å²) < 4.78 is 5.06. The Bertz CT molecular complexity index is 886. The summed E-state index contributed by atoms with van der Waals surface area (Å²) in [6.45, 7) is 1.71. The predicted molar refractivity (Wildman–Crippen MR) is 110 cm³/mol. The van der Waals surface area contributed by atoms with Gasteiger partial charge in [-0.15, -0.1) is 0 Å². The number of carbonyl (C=O) groups is 3. The van der Waals surface area contributed by atoms with Crippen molar-refractivity contribution in [2.45, 2.75) is 0 Å². The molecule has 1 saturated heterocycles. The van der Waals surface area contributed by atoms with Crippen LogP contribution in [0.25, 0.3) is 0 Å². The lowest BCUT2D eigenvalue weighted by Crippen LogP contribution is -2.51. The Hall–Kier alpha value is -3.61. The summed E-state index contributed by atoms with van der Waals surface area (Å²) in [6.07, 6.45) is 2.56. The molecule has 0 atom stereocenters. The fourth-order valence-corrected chi connectivity index (χ4v) is 2.96. The number of piperazine rings is 1. The molecule has 1 aliphatic heterocycles. The van der Waals surface area contributed by atoms with Crippen molar-refractivity contribution >= 4 is 23.4 Å². The first kappa shape index (κ1) is 20.1. The first-order chi connectivity index (χ1) is 14.1. The minimum Gasteiger partial charge on any atom is -0.497 e. The molecule has 1 aliphatic rings. The van der Waals surface area contributed by atoms with E-state index in [1.54, 1.807) is 41.2 Å². The fourth-order valence-electron chi connectivity index (χ4n) is 2.96. The van der Waals surface area contributed by atoms with E-state index in [4.69, 9.17) is 4.74 Å². The van der Waals surface area contributed by atoms with Crippen molar-refractivity contribution in [3.63, 3.8) is 0 Å². The van der Waals surface area contributed by atoms with E-state index in [0.717, 1.165) is 5.69 Å². The number of amides is 3. The number of urea groups is 1. The number of carbonyl (C=O) groups excluding carboxylic acids is 3. The third-order valence-electron chi connectivity index (χ3n) is 4.66. The first-order valence-corrected chi connectivity index (χ1v) is 9.33. The molecule has 2 aromatic carbocycles. The van der Waals surface area contributed by atoms with Crippen molar-refractivity contribution in [1.82, 2.24) is 9.80 Å². The smallest absolute Gasteiger partial charge is 0.321 e. The number of nitrogens with one attached hydrogen (secondary N) is 1. The van der Waals surface area contributed by atoms with Crippen LogP contribution in [0.2, 0.25) is 0 Å². The third kappa shape index (κ3) is 5.44. The van der Waals surface area contributed by atoms with Crippen molar-refractivity contribution in [3.05, 3.63) is 72.3 Å². The Morgan fingerprint density at radius 3 is 2.10 bits per heavy atom. The van der Waals surface area contributed by atoms with Crippen molar-refractivity contribution in [3.8, 4) is 5.75 Å². The van der Waals surface area contributed by atoms with E-state index < -0.39 is 0 Å². The third-order valence-corrected chi connectivity index (χ3v) is 4.66. The van der Waals surface area contributed by atoms with Crippen molar-refractivity contribution < 1.29 is 19.1 Å². The Kier molecular flexibility index (Phi) is 6.63. The Morgan fingerprint density at radius 2 is 1.48 bits per heavy atom. The first-order valence-electron chi connectivity index (χ1n) is 9.33. The topological polar surface area (TPSA) is 79.0 Å². The van der Waals surface area contributed by atoms with E-state index in [-0.39, 0.29) is 17.7 Å². The van der Waals surface area contributed by atoms with E-state index in [1.165, 1.54) is 12.2 Å². The fraction of sp³-hybridized carbons (Fsp3) is 0.227. The number of allylic oxidation sites excluding steroid dienone is 1. The monoisotopic (exact) mass is 393 g/mol. The van der Waals surface area contributed by atoms with Gasteiger partial charge in [0.15, 0.2) is 5.78 Å². The standard InChI is InChI=1S/C22H23N3O4/c1-29-19-9-7-17(8-10-19)20(26)11-12-21(27)24-13-15-25(16-14-24)22(28)23-18-5-3-2-4-6-18/h2-12H,13-16H2,1H3,(H,23,28)/b12-11+. The average molecular weight is 393 g/mol. The number of para-hydroxylation sites is 1. The van der Waals surface area contributed by atoms with E-state index in [1.807, 2.05) is 30.3 Å². The maximum atomic E-state index is 12.3. The van der Waals surface area contributed by atoms with Gasteiger partial charge in [-0.3, -0.25) is 9.59 Å². The van der Waals surface area contributed by atoms with Crippen LogP contribution in [0.1, 0.15) is 10.4 Å². The van der Waals surface area contributed by atoms with Crippen LogP contribution >= 0.6 is 0 Å².